The van der Waals surface area contributed by atoms with E-state index in [1.165, 1.54) is 6.42 Å². The molecule has 18 heavy (non-hydrogen) atoms. The third-order valence-electron chi connectivity index (χ3n) is 3.28. The van der Waals surface area contributed by atoms with E-state index >= 15 is 0 Å². The summed E-state index contributed by atoms with van der Waals surface area (Å²) >= 11 is 0. The minimum atomic E-state index is 0.00370. The number of carbonyl (C=O) groups excluding carboxylic acids is 1. The summed E-state index contributed by atoms with van der Waals surface area (Å²) < 4.78 is 10.5. The van der Waals surface area contributed by atoms with Crippen LogP contribution >= 0.6 is 0 Å². The van der Waals surface area contributed by atoms with Crippen LogP contribution in [-0.4, -0.2) is 38.1 Å². The van der Waals surface area contributed by atoms with E-state index in [0.29, 0.717) is 17.1 Å². The smallest absolute Gasteiger partial charge is 0.261 e. The molecule has 4 heteroatoms. The Hall–Kier alpha value is -1.71. The van der Waals surface area contributed by atoms with Crippen molar-refractivity contribution >= 4 is 5.91 Å². The molecular formula is C14H19NO3. The Morgan fingerprint density at radius 2 is 1.61 bits per heavy atom. The van der Waals surface area contributed by atoms with E-state index in [-0.39, 0.29) is 5.91 Å². The van der Waals surface area contributed by atoms with Crippen molar-refractivity contribution in [2.45, 2.75) is 19.3 Å². The molecular weight excluding hydrogens is 230 g/mol. The molecule has 1 aromatic rings. The highest BCUT2D eigenvalue weighted by molar-refractivity contribution is 5.99. The van der Waals surface area contributed by atoms with Gasteiger partial charge in [0.2, 0.25) is 0 Å². The fourth-order valence-electron chi connectivity index (χ4n) is 2.32. The van der Waals surface area contributed by atoms with Crippen LogP contribution in [0.3, 0.4) is 0 Å². The average molecular weight is 249 g/mol. The number of amides is 1. The second-order valence-electron chi connectivity index (χ2n) is 4.39. The lowest BCUT2D eigenvalue weighted by atomic mass is 10.1. The van der Waals surface area contributed by atoms with Gasteiger partial charge in [-0.25, -0.2) is 0 Å². The number of methoxy groups -OCH3 is 2. The van der Waals surface area contributed by atoms with Gasteiger partial charge in [0.25, 0.3) is 5.91 Å². The van der Waals surface area contributed by atoms with Gasteiger partial charge in [0.1, 0.15) is 17.1 Å². The number of hydrogen-bond acceptors (Lipinski definition) is 3. The molecule has 0 aliphatic carbocycles. The summed E-state index contributed by atoms with van der Waals surface area (Å²) in [5, 5.41) is 0. The van der Waals surface area contributed by atoms with Crippen LogP contribution in [0.1, 0.15) is 29.6 Å². The van der Waals surface area contributed by atoms with Crippen LogP contribution < -0.4 is 9.47 Å². The van der Waals surface area contributed by atoms with Crippen molar-refractivity contribution in [3.63, 3.8) is 0 Å². The van der Waals surface area contributed by atoms with Gasteiger partial charge in [0.05, 0.1) is 14.2 Å². The molecule has 1 aliphatic heterocycles. The maximum Gasteiger partial charge on any atom is 0.261 e. The van der Waals surface area contributed by atoms with Crippen LogP contribution in [0.5, 0.6) is 11.5 Å². The summed E-state index contributed by atoms with van der Waals surface area (Å²) in [6, 6.07) is 5.41. The Kier molecular flexibility index (Phi) is 4.07. The maximum atomic E-state index is 12.5. The van der Waals surface area contributed by atoms with Gasteiger partial charge in [-0.3, -0.25) is 4.79 Å². The fourth-order valence-corrected chi connectivity index (χ4v) is 2.32. The molecule has 1 fully saturated rings. The highest BCUT2D eigenvalue weighted by Crippen LogP contribution is 2.30. The molecule has 2 rings (SSSR count). The molecule has 0 bridgehead atoms. The molecule has 0 atom stereocenters. The minimum Gasteiger partial charge on any atom is -0.496 e. The Bertz CT molecular complexity index is 403. The van der Waals surface area contributed by atoms with E-state index < -0.39 is 0 Å². The number of likely N-dealkylation sites (tertiary alicyclic amines) is 1. The normalized spacial score (nSPS) is 15.3. The van der Waals surface area contributed by atoms with Crippen LogP contribution in [0.4, 0.5) is 0 Å². The van der Waals surface area contributed by atoms with Gasteiger partial charge in [-0.15, -0.1) is 0 Å². The number of carbonyl (C=O) groups is 1. The van der Waals surface area contributed by atoms with Crippen LogP contribution in [0.15, 0.2) is 18.2 Å². The standard InChI is InChI=1S/C14H19NO3/c1-17-11-7-6-8-12(18-2)13(11)14(16)15-9-4-3-5-10-15/h6-8H,3-5,9-10H2,1-2H3. The molecule has 0 radical (unpaired) electrons. The van der Waals surface area contributed by atoms with Crippen LogP contribution in [-0.2, 0) is 0 Å². The van der Waals surface area contributed by atoms with Crippen molar-refractivity contribution in [3.8, 4) is 11.5 Å². The molecule has 1 aromatic carbocycles. The summed E-state index contributed by atoms with van der Waals surface area (Å²) in [5.74, 6) is 1.15. The molecule has 0 unspecified atom stereocenters. The third-order valence-corrected chi connectivity index (χ3v) is 3.28. The van der Waals surface area contributed by atoms with Gasteiger partial charge < -0.3 is 14.4 Å². The van der Waals surface area contributed by atoms with Crippen molar-refractivity contribution < 1.29 is 14.3 Å². The first-order chi connectivity index (χ1) is 8.77. The topological polar surface area (TPSA) is 38.8 Å². The second-order valence-corrected chi connectivity index (χ2v) is 4.39. The minimum absolute atomic E-state index is 0.00370. The second kappa shape index (κ2) is 5.76. The molecule has 4 nitrogen and oxygen atoms in total. The third kappa shape index (κ3) is 2.42. The Labute approximate surface area is 107 Å². The van der Waals surface area contributed by atoms with Crippen molar-refractivity contribution in [2.24, 2.45) is 0 Å². The Balaban J connectivity index is 2.32. The molecule has 0 spiro atoms. The first-order valence-corrected chi connectivity index (χ1v) is 6.28. The number of benzene rings is 1. The zero-order valence-electron chi connectivity index (χ0n) is 10.9. The summed E-state index contributed by atoms with van der Waals surface area (Å²) in [6.07, 6.45) is 3.35. The molecule has 0 aromatic heterocycles. The summed E-state index contributed by atoms with van der Waals surface area (Å²) in [6.45, 7) is 1.64. The van der Waals surface area contributed by atoms with Gasteiger partial charge >= 0.3 is 0 Å². The molecule has 1 saturated heterocycles. The van der Waals surface area contributed by atoms with Crippen molar-refractivity contribution in [2.75, 3.05) is 27.3 Å². The average Bonchev–Trinajstić information content (AvgIpc) is 2.46. The number of hydrogen-bond donors (Lipinski definition) is 0. The summed E-state index contributed by atoms with van der Waals surface area (Å²) in [5.41, 5.74) is 0.532. The first kappa shape index (κ1) is 12.7. The summed E-state index contributed by atoms with van der Waals surface area (Å²) in [4.78, 5) is 14.4. The quantitative estimate of drug-likeness (QED) is 0.825. The van der Waals surface area contributed by atoms with E-state index in [9.17, 15) is 4.79 Å². The highest BCUT2D eigenvalue weighted by atomic mass is 16.5. The number of piperidine rings is 1. The molecule has 1 heterocycles. The molecule has 0 saturated carbocycles. The van der Waals surface area contributed by atoms with Gasteiger partial charge in [0, 0.05) is 13.1 Å². The maximum absolute atomic E-state index is 12.5. The monoisotopic (exact) mass is 249 g/mol. The van der Waals surface area contributed by atoms with Crippen LogP contribution in [0, 0.1) is 0 Å². The van der Waals surface area contributed by atoms with Gasteiger partial charge in [-0.05, 0) is 31.4 Å². The number of rotatable bonds is 3. The lowest BCUT2D eigenvalue weighted by Crippen LogP contribution is -2.36. The van der Waals surface area contributed by atoms with Gasteiger partial charge in [-0.1, -0.05) is 6.07 Å². The highest BCUT2D eigenvalue weighted by Gasteiger charge is 2.24. The lowest BCUT2D eigenvalue weighted by molar-refractivity contribution is 0.0717. The van der Waals surface area contributed by atoms with Crippen LogP contribution in [0.25, 0.3) is 0 Å². The largest absolute Gasteiger partial charge is 0.496 e. The summed E-state index contributed by atoms with van der Waals surface area (Å²) in [7, 11) is 3.14. The van der Waals surface area contributed by atoms with E-state index in [0.717, 1.165) is 25.9 Å². The fraction of sp³-hybridized carbons (Fsp3) is 0.500. The van der Waals surface area contributed by atoms with E-state index in [1.807, 2.05) is 11.0 Å². The number of nitrogens with zero attached hydrogens (tertiary/aromatic N) is 1. The Morgan fingerprint density at radius 3 is 2.11 bits per heavy atom. The lowest BCUT2D eigenvalue weighted by Gasteiger charge is -2.27. The SMILES string of the molecule is COc1cccc(OC)c1C(=O)N1CCCCC1. The van der Waals surface area contributed by atoms with Crippen molar-refractivity contribution in [1.82, 2.24) is 4.90 Å². The molecule has 0 N–H and O–H groups in total. The van der Waals surface area contributed by atoms with Crippen LogP contribution in [0.2, 0.25) is 0 Å². The zero-order chi connectivity index (χ0) is 13.0. The van der Waals surface area contributed by atoms with Crippen molar-refractivity contribution in [1.29, 1.82) is 0 Å². The molecule has 1 amide bonds. The van der Waals surface area contributed by atoms with E-state index in [4.69, 9.17) is 9.47 Å². The van der Waals surface area contributed by atoms with E-state index in [1.54, 1.807) is 26.4 Å². The molecule has 1 aliphatic rings. The number of ether oxygens (including phenoxy) is 2. The molecule has 98 valence electrons. The van der Waals surface area contributed by atoms with Gasteiger partial charge in [-0.2, -0.15) is 0 Å². The predicted molar refractivity (Wildman–Crippen MR) is 69.3 cm³/mol. The first-order valence-electron chi connectivity index (χ1n) is 6.28. The van der Waals surface area contributed by atoms with Gasteiger partial charge in [0.15, 0.2) is 0 Å². The van der Waals surface area contributed by atoms with E-state index in [2.05, 4.69) is 0 Å². The predicted octanol–water partition coefficient (Wildman–Crippen LogP) is 2.33. The van der Waals surface area contributed by atoms with Crippen molar-refractivity contribution in [3.05, 3.63) is 23.8 Å². The zero-order valence-corrected chi connectivity index (χ0v) is 10.9. The Morgan fingerprint density at radius 1 is 1.06 bits per heavy atom.